The number of para-hydroxylation sites is 1. The second kappa shape index (κ2) is 12.1. The molecule has 0 unspecified atom stereocenters. The van der Waals surface area contributed by atoms with Crippen LogP contribution in [0, 0.1) is 0 Å². The minimum Gasteiger partial charge on any atom is -0.256 e. The topological polar surface area (TPSA) is 25.8 Å². The largest absolute Gasteiger partial charge is 0.256 e. The summed E-state index contributed by atoms with van der Waals surface area (Å²) in [5, 5.41) is 7.48. The lowest BCUT2D eigenvalue weighted by Crippen LogP contribution is -2.00. The maximum absolute atomic E-state index is 5.36. The highest BCUT2D eigenvalue weighted by molar-refractivity contribution is 7.26. The Labute approximate surface area is 311 Å². The summed E-state index contributed by atoms with van der Waals surface area (Å²) in [6.45, 7) is 0. The van der Waals surface area contributed by atoms with E-state index in [0.717, 1.165) is 35.1 Å². The summed E-state index contributed by atoms with van der Waals surface area (Å²) in [5.41, 5.74) is 14.4. The maximum Gasteiger partial charge on any atom is 0.0788 e. The Morgan fingerprint density at radius 3 is 2.19 bits per heavy atom. The van der Waals surface area contributed by atoms with Crippen molar-refractivity contribution in [3.63, 3.8) is 0 Å². The van der Waals surface area contributed by atoms with Crippen molar-refractivity contribution in [3.8, 4) is 33.5 Å². The van der Waals surface area contributed by atoms with E-state index in [1.165, 1.54) is 86.2 Å². The molecule has 0 aliphatic heterocycles. The first-order chi connectivity index (χ1) is 26.3. The van der Waals surface area contributed by atoms with E-state index in [0.29, 0.717) is 0 Å². The number of allylic oxidation sites excluding steroid dienone is 6. The molecule has 0 amide bonds. The minimum absolute atomic E-state index is 0.853. The molecule has 0 spiro atoms. The minimum atomic E-state index is 0.853. The van der Waals surface area contributed by atoms with Gasteiger partial charge in [-0.2, -0.15) is 0 Å². The van der Waals surface area contributed by atoms with Crippen molar-refractivity contribution in [2.45, 2.75) is 12.8 Å². The zero-order chi connectivity index (χ0) is 34.9. The third kappa shape index (κ3) is 4.78. The highest BCUT2D eigenvalue weighted by atomic mass is 32.1. The van der Waals surface area contributed by atoms with Crippen molar-refractivity contribution in [3.05, 3.63) is 180 Å². The van der Waals surface area contributed by atoms with Crippen LogP contribution in [-0.4, -0.2) is 9.97 Å². The zero-order valence-electron chi connectivity index (χ0n) is 28.9. The van der Waals surface area contributed by atoms with Crippen molar-refractivity contribution in [1.29, 1.82) is 0 Å². The van der Waals surface area contributed by atoms with Gasteiger partial charge in [-0.05, 0) is 87.7 Å². The van der Waals surface area contributed by atoms with Crippen LogP contribution in [0.5, 0.6) is 0 Å². The monoisotopic (exact) mass is 692 g/mol. The number of hydrogen-bond donors (Lipinski definition) is 0. The van der Waals surface area contributed by atoms with E-state index in [-0.39, 0.29) is 0 Å². The maximum atomic E-state index is 5.36. The Balaban J connectivity index is 1.12. The second-order valence-corrected chi connectivity index (χ2v) is 15.0. The fraction of sp³-hybridized carbons (Fsp3) is 0.0400. The Hall–Kier alpha value is -6.42. The molecule has 0 fully saturated rings. The number of aromatic nitrogens is 2. The highest BCUT2D eigenvalue weighted by Gasteiger charge is 2.21. The average molecular weight is 693 g/mol. The van der Waals surface area contributed by atoms with Gasteiger partial charge in [-0.25, -0.2) is 4.98 Å². The molecule has 9 aromatic rings. The third-order valence-corrected chi connectivity index (χ3v) is 12.2. The highest BCUT2D eigenvalue weighted by Crippen LogP contribution is 2.45. The van der Waals surface area contributed by atoms with Gasteiger partial charge in [-0.15, -0.1) is 11.3 Å². The summed E-state index contributed by atoms with van der Waals surface area (Å²) < 4.78 is 2.64. The molecular weight excluding hydrogens is 661 g/mol. The first-order valence-electron chi connectivity index (χ1n) is 18.3. The number of pyridine rings is 2. The van der Waals surface area contributed by atoms with Crippen LogP contribution >= 0.6 is 11.3 Å². The summed E-state index contributed by atoms with van der Waals surface area (Å²) in [6.07, 6.45) is 21.4. The van der Waals surface area contributed by atoms with Gasteiger partial charge in [0.25, 0.3) is 0 Å². The van der Waals surface area contributed by atoms with E-state index in [1.807, 2.05) is 23.6 Å². The molecule has 0 atom stereocenters. The summed E-state index contributed by atoms with van der Waals surface area (Å²) in [4.78, 5) is 10.2. The van der Waals surface area contributed by atoms with Crippen LogP contribution in [0.4, 0.5) is 0 Å². The van der Waals surface area contributed by atoms with Gasteiger partial charge < -0.3 is 0 Å². The van der Waals surface area contributed by atoms with Gasteiger partial charge in [0.15, 0.2) is 0 Å². The molecule has 0 saturated carbocycles. The van der Waals surface area contributed by atoms with Crippen molar-refractivity contribution in [1.82, 2.24) is 9.97 Å². The van der Waals surface area contributed by atoms with Crippen molar-refractivity contribution in [2.75, 3.05) is 0 Å². The van der Waals surface area contributed by atoms with E-state index in [2.05, 4.69) is 158 Å². The van der Waals surface area contributed by atoms with Crippen LogP contribution in [0.15, 0.2) is 158 Å². The summed E-state index contributed by atoms with van der Waals surface area (Å²) in [5.74, 6) is 0. The number of fused-ring (bicyclic) bond motifs is 11. The molecule has 0 bridgehead atoms. The Morgan fingerprint density at radius 1 is 0.528 bits per heavy atom. The summed E-state index contributed by atoms with van der Waals surface area (Å²) in [6, 6.07) is 42.2. The molecule has 3 heteroatoms. The molecule has 248 valence electrons. The van der Waals surface area contributed by atoms with Crippen LogP contribution in [0.3, 0.4) is 0 Å². The van der Waals surface area contributed by atoms with Crippen LogP contribution in [0.2, 0.25) is 0 Å². The molecule has 6 aromatic carbocycles. The fourth-order valence-corrected chi connectivity index (χ4v) is 9.88. The molecule has 0 saturated heterocycles. The first kappa shape index (κ1) is 30.2. The molecular formula is C50H32N2S. The number of nitrogens with zero attached hydrogens (tertiary/aromatic N) is 2. The summed E-state index contributed by atoms with van der Waals surface area (Å²) >= 11 is 1.89. The van der Waals surface area contributed by atoms with Crippen LogP contribution < -0.4 is 0 Å². The van der Waals surface area contributed by atoms with E-state index >= 15 is 0 Å². The number of benzene rings is 6. The molecule has 0 N–H and O–H groups in total. The Kier molecular flexibility index (Phi) is 6.89. The normalized spacial score (nSPS) is 13.6. The van der Waals surface area contributed by atoms with Gasteiger partial charge in [-0.1, -0.05) is 134 Å². The van der Waals surface area contributed by atoms with Gasteiger partial charge in [0.2, 0.25) is 0 Å². The zero-order valence-corrected chi connectivity index (χ0v) is 29.7. The molecule has 0 radical (unpaired) electrons. The van der Waals surface area contributed by atoms with Crippen LogP contribution in [-0.2, 0) is 12.8 Å². The lowest BCUT2D eigenvalue weighted by molar-refractivity contribution is 1.25. The second-order valence-electron chi connectivity index (χ2n) is 13.9. The molecule has 11 rings (SSSR count). The van der Waals surface area contributed by atoms with Crippen LogP contribution in [0.1, 0.15) is 22.3 Å². The quantitative estimate of drug-likeness (QED) is 0.172. The van der Waals surface area contributed by atoms with Crippen molar-refractivity contribution in [2.24, 2.45) is 0 Å². The lowest BCUT2D eigenvalue weighted by Gasteiger charge is -2.20. The average Bonchev–Trinajstić information content (AvgIpc) is 3.35. The number of rotatable bonds is 3. The predicted molar refractivity (Wildman–Crippen MR) is 228 cm³/mol. The van der Waals surface area contributed by atoms with E-state index in [4.69, 9.17) is 9.97 Å². The first-order valence-corrected chi connectivity index (χ1v) is 19.1. The third-order valence-electron chi connectivity index (χ3n) is 11.0. The predicted octanol–water partition coefficient (Wildman–Crippen LogP) is 13.6. The van der Waals surface area contributed by atoms with E-state index in [1.54, 1.807) is 0 Å². The number of hydrogen-bond acceptors (Lipinski definition) is 3. The fourth-order valence-electron chi connectivity index (χ4n) is 8.61. The standard InChI is InChI=1S/C50H32N2S/c1-3-16-35-34(24-25-38(36(35)17-4-1)44-30-33-15-12-28-51-48(33)40-20-6-2-5-18-37(40)44)31-13-11-14-32(29-31)49-43-27-26-41-39-19-8-10-23-46(39)53-50(41)47(43)42-21-7-9-22-45(42)52-49/h1-15,17-19,21-30H,16,20H2. The number of thiophene rings is 1. The molecule has 2 aliphatic rings. The Morgan fingerprint density at radius 2 is 1.28 bits per heavy atom. The smallest absolute Gasteiger partial charge is 0.0788 e. The van der Waals surface area contributed by atoms with E-state index in [9.17, 15) is 0 Å². The molecule has 3 aromatic heterocycles. The van der Waals surface area contributed by atoms with Gasteiger partial charge in [0, 0.05) is 53.5 Å². The lowest BCUT2D eigenvalue weighted by atomic mass is 9.84. The molecule has 2 nitrogen and oxygen atoms in total. The van der Waals surface area contributed by atoms with Crippen molar-refractivity contribution >= 4 is 76.2 Å². The molecule has 3 heterocycles. The van der Waals surface area contributed by atoms with Gasteiger partial charge in [-0.3, -0.25) is 4.98 Å². The van der Waals surface area contributed by atoms with Gasteiger partial charge in [0.1, 0.15) is 0 Å². The Bertz CT molecular complexity index is 3120. The SMILES string of the molecule is C1=CCc2c(-c3cccc(-c4nc5ccccc5c5c4ccc4c6ccccc6sc45)c3)ccc(-c3cc4cccnc4c4c3C=CC=CC4)c2C=C1. The molecule has 2 aliphatic carbocycles. The molecule has 53 heavy (non-hydrogen) atoms. The van der Waals surface area contributed by atoms with Crippen molar-refractivity contribution < 1.29 is 0 Å². The van der Waals surface area contributed by atoms with Gasteiger partial charge >= 0.3 is 0 Å². The van der Waals surface area contributed by atoms with Crippen LogP contribution in [0.25, 0.3) is 98.4 Å². The summed E-state index contributed by atoms with van der Waals surface area (Å²) in [7, 11) is 0. The van der Waals surface area contributed by atoms with E-state index < -0.39 is 0 Å². The van der Waals surface area contributed by atoms with Gasteiger partial charge in [0.05, 0.1) is 16.7 Å².